The molecule has 0 heterocycles. The Bertz CT molecular complexity index is 72.3. The maximum Gasteiger partial charge on any atom is 0.286 e. The molecule has 0 aliphatic rings. The van der Waals surface area contributed by atoms with Crippen molar-refractivity contribution in [3.8, 4) is 0 Å². The van der Waals surface area contributed by atoms with Gasteiger partial charge in [-0.3, -0.25) is 0 Å². The Morgan fingerprint density at radius 2 is 1.33 bits per heavy atom. The third-order valence-electron chi connectivity index (χ3n) is 0.905. The van der Waals surface area contributed by atoms with Gasteiger partial charge in [-0.2, -0.15) is 0 Å². The van der Waals surface area contributed by atoms with Crippen LogP contribution >= 0.6 is 0 Å². The minimum Gasteiger partial charge on any atom is -0.449 e. The molecular formula is CH16O5Si6. The summed E-state index contributed by atoms with van der Waals surface area (Å²) in [6.45, 7) is 2.10. The first-order valence-corrected chi connectivity index (χ1v) is 11.1. The predicted octanol–water partition coefficient (Wildman–Crippen LogP) is -5.52. The van der Waals surface area contributed by atoms with Gasteiger partial charge >= 0.3 is 0 Å². The van der Waals surface area contributed by atoms with E-state index in [-0.39, 0.29) is 9.76 Å². The van der Waals surface area contributed by atoms with Gasteiger partial charge in [0.1, 0.15) is 20.2 Å². The lowest BCUT2D eigenvalue weighted by Gasteiger charge is -2.05. The van der Waals surface area contributed by atoms with Crippen LogP contribution < -0.4 is 0 Å². The molecule has 0 bridgehead atoms. The summed E-state index contributed by atoms with van der Waals surface area (Å²) in [5.41, 5.74) is 0. The zero-order valence-electron chi connectivity index (χ0n) is 7.58. The summed E-state index contributed by atoms with van der Waals surface area (Å²) < 4.78 is 25.9. The van der Waals surface area contributed by atoms with E-state index in [1.54, 1.807) is 0 Å². The molecule has 0 saturated carbocycles. The molecule has 0 unspecified atom stereocenters. The highest BCUT2D eigenvalue weighted by atomic mass is 28.4. The molecule has 0 radical (unpaired) electrons. The van der Waals surface area contributed by atoms with E-state index < -0.39 is 40.0 Å². The van der Waals surface area contributed by atoms with E-state index in [0.717, 1.165) is 10.5 Å². The Morgan fingerprint density at radius 1 is 0.833 bits per heavy atom. The van der Waals surface area contributed by atoms with Crippen LogP contribution in [0.15, 0.2) is 0 Å². The van der Waals surface area contributed by atoms with E-state index in [1.807, 2.05) is 0 Å². The van der Waals surface area contributed by atoms with Gasteiger partial charge in [-0.25, -0.2) is 0 Å². The van der Waals surface area contributed by atoms with Gasteiger partial charge in [0.25, 0.3) is 40.0 Å². The third kappa shape index (κ3) is 11.1. The van der Waals surface area contributed by atoms with Crippen molar-refractivity contribution in [2.75, 3.05) is 0 Å². The normalized spacial score (nSPS) is 15.8. The van der Waals surface area contributed by atoms with Crippen LogP contribution in [-0.4, -0.2) is 60.3 Å². The van der Waals surface area contributed by atoms with Gasteiger partial charge in [0.05, 0.1) is 0 Å². The monoisotopic (exact) mass is 276 g/mol. The summed E-state index contributed by atoms with van der Waals surface area (Å²) >= 11 is 0. The molecule has 0 aromatic rings. The highest BCUT2D eigenvalue weighted by molar-refractivity contribution is 6.47. The van der Waals surface area contributed by atoms with Crippen molar-refractivity contribution in [3.63, 3.8) is 0 Å². The lowest BCUT2D eigenvalue weighted by atomic mass is 11.9. The van der Waals surface area contributed by atoms with Gasteiger partial charge in [-0.05, 0) is 0 Å². The van der Waals surface area contributed by atoms with Crippen molar-refractivity contribution in [2.24, 2.45) is 0 Å². The molecule has 0 aliphatic heterocycles. The van der Waals surface area contributed by atoms with E-state index in [0.29, 0.717) is 0 Å². The molecule has 0 atom stereocenters. The van der Waals surface area contributed by atoms with Crippen LogP contribution in [0.1, 0.15) is 0 Å². The fourth-order valence-corrected chi connectivity index (χ4v) is 8.69. The molecule has 74 valence electrons. The van der Waals surface area contributed by atoms with Gasteiger partial charge < -0.3 is 20.6 Å². The smallest absolute Gasteiger partial charge is 0.286 e. The fourth-order valence-electron chi connectivity index (χ4n) is 0.446. The first-order valence-electron chi connectivity index (χ1n) is 3.71. The minimum atomic E-state index is -0.763. The molecule has 0 aromatic carbocycles. The largest absolute Gasteiger partial charge is 0.449 e. The van der Waals surface area contributed by atoms with Crippen molar-refractivity contribution in [1.29, 1.82) is 0 Å². The highest BCUT2D eigenvalue weighted by Crippen LogP contribution is 1.73. The van der Waals surface area contributed by atoms with Crippen molar-refractivity contribution >= 4 is 60.3 Å². The summed E-state index contributed by atoms with van der Waals surface area (Å²) in [5.74, 6) is 0. The first kappa shape index (κ1) is 13.1. The summed E-state index contributed by atoms with van der Waals surface area (Å²) in [6, 6.07) is 0. The Labute approximate surface area is 87.6 Å². The molecule has 0 spiro atoms. The maximum absolute atomic E-state index is 5.26. The molecule has 5 nitrogen and oxygen atoms in total. The topological polar surface area (TPSA) is 46.2 Å². The Hall–Kier alpha value is 1.10. The number of hydrogen-bond donors (Lipinski definition) is 0. The van der Waals surface area contributed by atoms with Crippen LogP contribution in [0, 0.1) is 0 Å². The summed E-state index contributed by atoms with van der Waals surface area (Å²) in [5, 5.41) is 0. The van der Waals surface area contributed by atoms with Crippen LogP contribution in [0.3, 0.4) is 0 Å². The molecule has 0 aliphatic carbocycles. The van der Waals surface area contributed by atoms with E-state index in [9.17, 15) is 0 Å². The van der Waals surface area contributed by atoms with Gasteiger partial charge in [0, 0.05) is 0 Å². The Morgan fingerprint density at radius 3 is 1.83 bits per heavy atom. The summed E-state index contributed by atoms with van der Waals surface area (Å²) in [4.78, 5) is 0. The van der Waals surface area contributed by atoms with Crippen LogP contribution in [0.4, 0.5) is 0 Å². The van der Waals surface area contributed by atoms with E-state index in [4.69, 9.17) is 20.6 Å². The van der Waals surface area contributed by atoms with Gasteiger partial charge in [-0.1, -0.05) is 6.55 Å². The highest BCUT2D eigenvalue weighted by Gasteiger charge is 1.91. The first-order chi connectivity index (χ1) is 5.91. The van der Waals surface area contributed by atoms with Crippen LogP contribution in [0.2, 0.25) is 6.55 Å². The molecule has 0 aromatic heterocycles. The molecule has 0 saturated heterocycles. The minimum absolute atomic E-state index is 0.259. The molecule has 12 heavy (non-hydrogen) atoms. The van der Waals surface area contributed by atoms with Gasteiger partial charge in [0.2, 0.25) is 0 Å². The second kappa shape index (κ2) is 12.1. The molecular weight excluding hydrogens is 261 g/mol. The average Bonchev–Trinajstić information content (AvgIpc) is 2.10. The number of hydrogen-bond acceptors (Lipinski definition) is 5. The average molecular weight is 277 g/mol. The SMILES string of the molecule is C[SiH2]O[SiH2]O[SiH2]O[SiH2]O[SiH2]O[SiH3]. The van der Waals surface area contributed by atoms with E-state index in [2.05, 4.69) is 6.55 Å². The van der Waals surface area contributed by atoms with Crippen LogP contribution in [0.5, 0.6) is 0 Å². The van der Waals surface area contributed by atoms with Crippen molar-refractivity contribution in [3.05, 3.63) is 0 Å². The standard InChI is InChI=1S/CH16O5Si6/c1-8-3-10-5-12-6-11-4-9-2-7/h8-12H2,1,7H3. The van der Waals surface area contributed by atoms with Crippen molar-refractivity contribution < 1.29 is 20.6 Å². The lowest BCUT2D eigenvalue weighted by molar-refractivity contribution is 0.390. The number of rotatable bonds is 9. The predicted molar refractivity (Wildman–Crippen MR) is 63.9 cm³/mol. The summed E-state index contributed by atoms with van der Waals surface area (Å²) in [6.07, 6.45) is 0. The lowest BCUT2D eigenvalue weighted by Crippen LogP contribution is -2.17. The van der Waals surface area contributed by atoms with Crippen LogP contribution in [0.25, 0.3) is 0 Å². The zero-order chi connectivity index (χ0) is 9.07. The molecule has 0 amide bonds. The van der Waals surface area contributed by atoms with E-state index >= 15 is 0 Å². The second-order valence-corrected chi connectivity index (χ2v) is 12.2. The van der Waals surface area contributed by atoms with E-state index in [1.165, 1.54) is 0 Å². The van der Waals surface area contributed by atoms with Crippen LogP contribution in [-0.2, 0) is 20.6 Å². The van der Waals surface area contributed by atoms with Gasteiger partial charge in [0.15, 0.2) is 0 Å². The maximum atomic E-state index is 5.26. The Kier molecular flexibility index (Phi) is 13.2. The molecule has 0 N–H and O–H groups in total. The third-order valence-corrected chi connectivity index (χ3v) is 8.15. The Balaban J connectivity index is 2.73. The molecule has 0 fully saturated rings. The van der Waals surface area contributed by atoms with Gasteiger partial charge in [-0.15, -0.1) is 0 Å². The summed E-state index contributed by atoms with van der Waals surface area (Å²) in [7, 11) is -2.34. The second-order valence-electron chi connectivity index (χ2n) is 1.87. The van der Waals surface area contributed by atoms with Crippen molar-refractivity contribution in [1.82, 2.24) is 0 Å². The molecule has 11 heteroatoms. The zero-order valence-corrected chi connectivity index (χ0v) is 16.6. The quantitative estimate of drug-likeness (QED) is 0.311. The van der Waals surface area contributed by atoms with Crippen molar-refractivity contribution in [2.45, 2.75) is 6.55 Å². The molecule has 0 rings (SSSR count). The fraction of sp³-hybridized carbons (Fsp3) is 1.00.